The van der Waals surface area contributed by atoms with E-state index in [1.165, 1.54) is 43.8 Å². The molecule has 0 spiro atoms. The van der Waals surface area contributed by atoms with Gasteiger partial charge in [0.2, 0.25) is 5.82 Å². The van der Waals surface area contributed by atoms with E-state index in [4.69, 9.17) is 4.74 Å². The first-order valence-corrected chi connectivity index (χ1v) is 8.73. The summed E-state index contributed by atoms with van der Waals surface area (Å²) >= 11 is 0. The number of rotatable bonds is 7. The van der Waals surface area contributed by atoms with Crippen LogP contribution < -0.4 is 10.2 Å². The number of aromatic nitrogens is 2. The van der Waals surface area contributed by atoms with Crippen LogP contribution in [0.5, 0.6) is 5.75 Å². The highest BCUT2D eigenvalue weighted by Gasteiger charge is 2.17. The number of hydrogen-bond donors (Lipinski definition) is 1. The molecule has 0 aliphatic rings. The van der Waals surface area contributed by atoms with Crippen LogP contribution in [0.3, 0.4) is 0 Å². The van der Waals surface area contributed by atoms with E-state index < -0.39 is 9.85 Å². The number of hydrogen-bond acceptors (Lipinski definition) is 8. The Morgan fingerprint density at radius 1 is 1.17 bits per heavy atom. The number of hydrazone groups is 1. The molecule has 0 saturated heterocycles. The largest absolute Gasteiger partial charge is 0.494 e. The molecule has 0 aliphatic heterocycles. The molecule has 11 heteroatoms. The van der Waals surface area contributed by atoms with Gasteiger partial charge in [0.05, 0.1) is 34.9 Å². The summed E-state index contributed by atoms with van der Waals surface area (Å²) in [4.78, 5) is 25.0. The normalized spacial score (nSPS) is 10.9. The van der Waals surface area contributed by atoms with Crippen LogP contribution in [0, 0.1) is 34.1 Å². The number of benzene rings is 1. The van der Waals surface area contributed by atoms with Crippen molar-refractivity contribution in [3.63, 3.8) is 0 Å². The van der Waals surface area contributed by atoms with E-state index in [1.807, 2.05) is 24.5 Å². The van der Waals surface area contributed by atoms with Gasteiger partial charge in [0, 0.05) is 35.3 Å². The Kier molecular flexibility index (Phi) is 5.72. The first kappa shape index (κ1) is 20.5. The van der Waals surface area contributed by atoms with Crippen LogP contribution in [0.25, 0.3) is 5.69 Å². The second kappa shape index (κ2) is 8.39. The summed E-state index contributed by atoms with van der Waals surface area (Å²) in [5.74, 6) is 0.390. The minimum Gasteiger partial charge on any atom is -0.494 e. The first-order chi connectivity index (χ1) is 14.3. The summed E-state index contributed by atoms with van der Waals surface area (Å²) in [6, 6.07) is 9.06. The van der Waals surface area contributed by atoms with Crippen LogP contribution in [-0.2, 0) is 0 Å². The molecule has 30 heavy (non-hydrogen) atoms. The maximum absolute atomic E-state index is 11.1. The number of methoxy groups -OCH3 is 1. The fraction of sp³-hybridized carbons (Fsp3) is 0.158. The van der Waals surface area contributed by atoms with Gasteiger partial charge in [-0.15, -0.1) is 0 Å². The summed E-state index contributed by atoms with van der Waals surface area (Å²) in [6.45, 7) is 3.74. The fourth-order valence-corrected chi connectivity index (χ4v) is 3.05. The topological polar surface area (TPSA) is 138 Å². The van der Waals surface area contributed by atoms with E-state index in [-0.39, 0.29) is 17.2 Å². The molecule has 2 aromatic heterocycles. The molecule has 0 bridgehead atoms. The zero-order valence-electron chi connectivity index (χ0n) is 16.4. The molecule has 3 aromatic rings. The maximum atomic E-state index is 11.1. The molecule has 0 fully saturated rings. The van der Waals surface area contributed by atoms with Crippen molar-refractivity contribution in [1.29, 1.82) is 0 Å². The molecule has 2 heterocycles. The van der Waals surface area contributed by atoms with Crippen molar-refractivity contribution in [3.05, 3.63) is 79.8 Å². The fourth-order valence-electron chi connectivity index (χ4n) is 3.05. The Balaban J connectivity index is 1.93. The molecule has 0 unspecified atom stereocenters. The Morgan fingerprint density at radius 2 is 1.93 bits per heavy atom. The second-order valence-corrected chi connectivity index (χ2v) is 6.27. The minimum absolute atomic E-state index is 0.0320. The van der Waals surface area contributed by atoms with Crippen LogP contribution in [-0.4, -0.2) is 32.7 Å². The van der Waals surface area contributed by atoms with Gasteiger partial charge in [0.1, 0.15) is 5.75 Å². The summed E-state index contributed by atoms with van der Waals surface area (Å²) in [5.41, 5.74) is 5.39. The summed E-state index contributed by atoms with van der Waals surface area (Å²) in [5, 5.41) is 26.2. The van der Waals surface area contributed by atoms with Gasteiger partial charge in [-0.1, -0.05) is 0 Å². The quantitative estimate of drug-likeness (QED) is 0.355. The Labute approximate surface area is 170 Å². The standard InChI is InChI=1S/C19H18N6O5/c1-12-9-14(11-21-22-19-17(25(28)29)5-4-8-20-19)13(2)23(12)16-7-6-15(24(26)27)10-18(16)30-3/h4-11H,1-3H3,(H,20,22)/b21-11-. The smallest absolute Gasteiger partial charge is 0.313 e. The highest BCUT2D eigenvalue weighted by Crippen LogP contribution is 2.31. The SMILES string of the molecule is COc1cc([N+](=O)[O-])ccc1-n1c(C)cc(/C=N\Nc2ncccc2[N+](=O)[O-])c1C. The van der Waals surface area contributed by atoms with Crippen LogP contribution >= 0.6 is 0 Å². The van der Waals surface area contributed by atoms with Crippen molar-refractivity contribution in [2.75, 3.05) is 12.5 Å². The number of non-ortho nitro benzene ring substituents is 1. The Morgan fingerprint density at radius 3 is 2.60 bits per heavy atom. The van der Waals surface area contributed by atoms with E-state index >= 15 is 0 Å². The van der Waals surface area contributed by atoms with Crippen molar-refractivity contribution in [2.24, 2.45) is 5.10 Å². The molecule has 3 rings (SSSR count). The van der Waals surface area contributed by atoms with Gasteiger partial charge in [0.15, 0.2) is 0 Å². The summed E-state index contributed by atoms with van der Waals surface area (Å²) < 4.78 is 7.22. The third-order valence-electron chi connectivity index (χ3n) is 4.44. The number of pyridine rings is 1. The second-order valence-electron chi connectivity index (χ2n) is 6.27. The van der Waals surface area contributed by atoms with Gasteiger partial charge in [-0.3, -0.25) is 25.7 Å². The van der Waals surface area contributed by atoms with Gasteiger partial charge in [-0.05, 0) is 32.0 Å². The van der Waals surface area contributed by atoms with Crippen molar-refractivity contribution in [2.45, 2.75) is 13.8 Å². The lowest BCUT2D eigenvalue weighted by Crippen LogP contribution is -2.03. The van der Waals surface area contributed by atoms with Gasteiger partial charge >= 0.3 is 5.69 Å². The highest BCUT2D eigenvalue weighted by molar-refractivity contribution is 5.83. The molecule has 0 aliphatic carbocycles. The van der Waals surface area contributed by atoms with Crippen LogP contribution in [0.4, 0.5) is 17.2 Å². The zero-order valence-corrected chi connectivity index (χ0v) is 16.4. The number of anilines is 1. The molecule has 1 N–H and O–H groups in total. The number of ether oxygens (including phenoxy) is 1. The first-order valence-electron chi connectivity index (χ1n) is 8.73. The van der Waals surface area contributed by atoms with E-state index in [2.05, 4.69) is 15.5 Å². The van der Waals surface area contributed by atoms with Crippen molar-refractivity contribution < 1.29 is 14.6 Å². The number of nitrogens with one attached hydrogen (secondary N) is 1. The minimum atomic E-state index is -0.544. The monoisotopic (exact) mass is 410 g/mol. The molecule has 0 radical (unpaired) electrons. The highest BCUT2D eigenvalue weighted by atomic mass is 16.6. The predicted molar refractivity (Wildman–Crippen MR) is 111 cm³/mol. The van der Waals surface area contributed by atoms with E-state index in [1.54, 1.807) is 6.07 Å². The van der Waals surface area contributed by atoms with Gasteiger partial charge in [-0.25, -0.2) is 4.98 Å². The predicted octanol–water partition coefficient (Wildman–Crippen LogP) is 3.76. The Hall–Kier alpha value is -4.28. The average Bonchev–Trinajstić information content (AvgIpc) is 3.00. The molecule has 0 amide bonds. The van der Waals surface area contributed by atoms with Gasteiger partial charge in [0.25, 0.3) is 5.69 Å². The molecule has 0 saturated carbocycles. The molecule has 0 atom stereocenters. The van der Waals surface area contributed by atoms with E-state index in [9.17, 15) is 20.2 Å². The number of nitrogens with zero attached hydrogens (tertiary/aromatic N) is 5. The van der Waals surface area contributed by atoms with Gasteiger partial charge in [-0.2, -0.15) is 5.10 Å². The van der Waals surface area contributed by atoms with Crippen LogP contribution in [0.1, 0.15) is 17.0 Å². The molecule has 11 nitrogen and oxygen atoms in total. The van der Waals surface area contributed by atoms with E-state index in [0.717, 1.165) is 17.0 Å². The molecular weight excluding hydrogens is 392 g/mol. The number of aryl methyl sites for hydroxylation is 1. The van der Waals surface area contributed by atoms with Gasteiger partial charge < -0.3 is 9.30 Å². The maximum Gasteiger partial charge on any atom is 0.313 e. The number of nitro groups is 2. The molecular formula is C19H18N6O5. The van der Waals surface area contributed by atoms with Crippen LogP contribution in [0.15, 0.2) is 47.7 Å². The molecule has 154 valence electrons. The van der Waals surface area contributed by atoms with Crippen LogP contribution in [0.2, 0.25) is 0 Å². The lowest BCUT2D eigenvalue weighted by molar-refractivity contribution is -0.385. The third kappa shape index (κ3) is 3.94. The lowest BCUT2D eigenvalue weighted by Gasteiger charge is -2.13. The zero-order chi connectivity index (χ0) is 21.8. The lowest BCUT2D eigenvalue weighted by atomic mass is 10.2. The van der Waals surface area contributed by atoms with Crippen molar-refractivity contribution in [1.82, 2.24) is 9.55 Å². The molecule has 1 aromatic carbocycles. The third-order valence-corrected chi connectivity index (χ3v) is 4.44. The number of nitro benzene ring substituents is 1. The van der Waals surface area contributed by atoms with Crippen molar-refractivity contribution >= 4 is 23.4 Å². The van der Waals surface area contributed by atoms with Crippen molar-refractivity contribution in [3.8, 4) is 11.4 Å². The Bertz CT molecular complexity index is 1150. The summed E-state index contributed by atoms with van der Waals surface area (Å²) in [7, 11) is 1.45. The summed E-state index contributed by atoms with van der Waals surface area (Å²) in [6.07, 6.45) is 2.95. The average molecular weight is 410 g/mol. The van der Waals surface area contributed by atoms with E-state index in [0.29, 0.717) is 11.4 Å².